The number of carbonyl (C=O) groups is 1. The molecule has 3 nitrogen and oxygen atoms in total. The highest BCUT2D eigenvalue weighted by atomic mass is 35.5. The number of hydrogen-bond acceptors (Lipinski definition) is 3. The fraction of sp³-hybridized carbons (Fsp3) is 0.143. The second-order valence-corrected chi connectivity index (χ2v) is 4.86. The molecule has 1 aromatic heterocycles. The maximum atomic E-state index is 13.9. The fourth-order valence-electron chi connectivity index (χ4n) is 1.84. The van der Waals surface area contributed by atoms with E-state index in [1.807, 2.05) is 0 Å². The molecule has 0 aliphatic heterocycles. The number of rotatable bonds is 2. The Morgan fingerprint density at radius 2 is 1.71 bits per heavy atom. The highest BCUT2D eigenvalue weighted by Gasteiger charge is 2.35. The zero-order valence-electron chi connectivity index (χ0n) is 11.6. The third kappa shape index (κ3) is 3.30. The van der Waals surface area contributed by atoms with Gasteiger partial charge in [-0.15, -0.1) is 0 Å². The summed E-state index contributed by atoms with van der Waals surface area (Å²) in [5, 5.41) is -0.462. The maximum absolute atomic E-state index is 13.9. The highest BCUT2D eigenvalue weighted by molar-refractivity contribution is 6.33. The minimum absolute atomic E-state index is 0.127. The van der Waals surface area contributed by atoms with Gasteiger partial charge in [0.2, 0.25) is 0 Å². The molecule has 128 valence electrons. The second kappa shape index (κ2) is 6.31. The Kier molecular flexibility index (Phi) is 4.75. The van der Waals surface area contributed by atoms with Gasteiger partial charge in [-0.25, -0.2) is 22.9 Å². The average molecular weight is 370 g/mol. The Balaban J connectivity index is 2.69. The van der Waals surface area contributed by atoms with Crippen LogP contribution in [0.4, 0.5) is 26.3 Å². The summed E-state index contributed by atoms with van der Waals surface area (Å²) in [6, 6.07) is 0.599. The minimum atomic E-state index is -5.13. The topological polar surface area (TPSA) is 39.2 Å². The van der Waals surface area contributed by atoms with Gasteiger partial charge in [0.05, 0.1) is 17.7 Å². The zero-order chi connectivity index (χ0) is 18.2. The van der Waals surface area contributed by atoms with Gasteiger partial charge in [0.25, 0.3) is 0 Å². The molecule has 1 heterocycles. The van der Waals surface area contributed by atoms with E-state index in [9.17, 15) is 31.1 Å². The molecule has 0 radical (unpaired) electrons. The number of esters is 1. The molecule has 0 amide bonds. The van der Waals surface area contributed by atoms with Gasteiger partial charge < -0.3 is 4.74 Å². The Bertz CT molecular complexity index is 822. The lowest BCUT2D eigenvalue weighted by molar-refractivity contribution is -0.140. The molecule has 10 heteroatoms. The van der Waals surface area contributed by atoms with Crippen LogP contribution >= 0.6 is 11.6 Å². The summed E-state index contributed by atoms with van der Waals surface area (Å²) < 4.78 is 83.4. The van der Waals surface area contributed by atoms with Crippen molar-refractivity contribution in [1.29, 1.82) is 0 Å². The summed E-state index contributed by atoms with van der Waals surface area (Å²) in [6.45, 7) is 0. The first-order valence-corrected chi connectivity index (χ1v) is 6.45. The first kappa shape index (κ1) is 18.1. The predicted octanol–water partition coefficient (Wildman–Crippen LogP) is 4.62. The van der Waals surface area contributed by atoms with Gasteiger partial charge in [-0.1, -0.05) is 11.6 Å². The third-order valence-electron chi connectivity index (χ3n) is 2.93. The van der Waals surface area contributed by atoms with Crippen molar-refractivity contribution in [3.05, 3.63) is 51.9 Å². The fourth-order valence-corrected chi connectivity index (χ4v) is 2.06. The van der Waals surface area contributed by atoms with Gasteiger partial charge in [-0.3, -0.25) is 0 Å². The predicted molar refractivity (Wildman–Crippen MR) is 70.9 cm³/mol. The van der Waals surface area contributed by atoms with E-state index in [0.717, 1.165) is 7.11 Å². The molecule has 2 rings (SSSR count). The number of aromatic nitrogens is 1. The van der Waals surface area contributed by atoms with E-state index < -0.39 is 57.1 Å². The SMILES string of the molecule is COC(=O)c1nc(-c2cc(F)c(C(F)(F)F)cc2F)c(F)cc1Cl. The standard InChI is InChI=1S/C14H6ClF6NO2/c1-24-13(23)12-7(15)4-10(18)11(22-12)5-2-9(17)6(3-8(5)16)14(19,20)21/h2-4H,1H3. The lowest BCUT2D eigenvalue weighted by Crippen LogP contribution is -2.11. The summed E-state index contributed by atoms with van der Waals surface area (Å²) >= 11 is 5.60. The van der Waals surface area contributed by atoms with Crippen molar-refractivity contribution in [1.82, 2.24) is 4.98 Å². The molecule has 0 aliphatic rings. The van der Waals surface area contributed by atoms with Crippen molar-refractivity contribution >= 4 is 17.6 Å². The van der Waals surface area contributed by atoms with E-state index in [0.29, 0.717) is 6.07 Å². The zero-order valence-corrected chi connectivity index (χ0v) is 12.4. The minimum Gasteiger partial charge on any atom is -0.464 e. The molecule has 0 spiro atoms. The van der Waals surface area contributed by atoms with Crippen molar-refractivity contribution in [2.24, 2.45) is 0 Å². The Labute approximate surface area is 135 Å². The first-order valence-electron chi connectivity index (χ1n) is 6.07. The molecule has 0 unspecified atom stereocenters. The third-order valence-corrected chi connectivity index (χ3v) is 3.21. The molecule has 1 aromatic carbocycles. The van der Waals surface area contributed by atoms with Crippen LogP contribution in [0.25, 0.3) is 11.3 Å². The van der Waals surface area contributed by atoms with Crippen LogP contribution in [0, 0.1) is 17.5 Å². The monoisotopic (exact) mass is 369 g/mol. The maximum Gasteiger partial charge on any atom is 0.419 e. The Hall–Kier alpha value is -2.29. The molecule has 0 fully saturated rings. The van der Waals surface area contributed by atoms with Crippen molar-refractivity contribution in [2.75, 3.05) is 7.11 Å². The summed E-state index contributed by atoms with van der Waals surface area (Å²) in [6.07, 6.45) is -5.13. The smallest absolute Gasteiger partial charge is 0.419 e. The van der Waals surface area contributed by atoms with E-state index in [-0.39, 0.29) is 12.1 Å². The number of pyridine rings is 1. The van der Waals surface area contributed by atoms with Gasteiger partial charge in [0.1, 0.15) is 17.3 Å². The van der Waals surface area contributed by atoms with Crippen LogP contribution in [0.5, 0.6) is 0 Å². The number of alkyl halides is 3. The molecule has 0 aliphatic carbocycles. The number of halogens is 7. The van der Waals surface area contributed by atoms with E-state index in [1.165, 1.54) is 0 Å². The molecule has 2 aromatic rings. The lowest BCUT2D eigenvalue weighted by atomic mass is 10.1. The molecule has 0 saturated carbocycles. The molecular weight excluding hydrogens is 364 g/mol. The van der Waals surface area contributed by atoms with Crippen LogP contribution in [0.2, 0.25) is 5.02 Å². The molecule has 24 heavy (non-hydrogen) atoms. The normalized spacial score (nSPS) is 11.5. The van der Waals surface area contributed by atoms with Gasteiger partial charge >= 0.3 is 12.1 Å². The van der Waals surface area contributed by atoms with Crippen LogP contribution in [0.1, 0.15) is 16.1 Å². The number of methoxy groups -OCH3 is 1. The van der Waals surface area contributed by atoms with E-state index >= 15 is 0 Å². The summed E-state index contributed by atoms with van der Waals surface area (Å²) in [5.74, 6) is -5.75. The summed E-state index contributed by atoms with van der Waals surface area (Å²) in [5.41, 5.74) is -4.24. The van der Waals surface area contributed by atoms with Crippen molar-refractivity contribution in [3.8, 4) is 11.3 Å². The lowest BCUT2D eigenvalue weighted by Gasteiger charge is -2.12. The molecule has 0 saturated heterocycles. The van der Waals surface area contributed by atoms with E-state index in [2.05, 4.69) is 9.72 Å². The first-order chi connectivity index (χ1) is 11.1. The molecular formula is C14H6ClF6NO2. The summed E-state index contributed by atoms with van der Waals surface area (Å²) in [7, 11) is 0.974. The number of nitrogens with zero attached hydrogens (tertiary/aromatic N) is 1. The molecule has 0 atom stereocenters. The highest BCUT2D eigenvalue weighted by Crippen LogP contribution is 2.36. The average Bonchev–Trinajstić information content (AvgIpc) is 2.48. The summed E-state index contributed by atoms with van der Waals surface area (Å²) in [4.78, 5) is 14.9. The quantitative estimate of drug-likeness (QED) is 0.572. The van der Waals surface area contributed by atoms with Gasteiger partial charge in [0, 0.05) is 5.56 Å². The number of ether oxygens (including phenoxy) is 1. The van der Waals surface area contributed by atoms with E-state index in [4.69, 9.17) is 11.6 Å². The van der Waals surface area contributed by atoms with Gasteiger partial charge in [-0.05, 0) is 18.2 Å². The van der Waals surface area contributed by atoms with Crippen LogP contribution in [-0.2, 0) is 10.9 Å². The van der Waals surface area contributed by atoms with Crippen LogP contribution in [-0.4, -0.2) is 18.1 Å². The van der Waals surface area contributed by atoms with Crippen molar-refractivity contribution in [2.45, 2.75) is 6.18 Å². The van der Waals surface area contributed by atoms with Crippen LogP contribution < -0.4 is 0 Å². The van der Waals surface area contributed by atoms with Crippen LogP contribution in [0.15, 0.2) is 18.2 Å². The Morgan fingerprint density at radius 1 is 1.08 bits per heavy atom. The van der Waals surface area contributed by atoms with Crippen molar-refractivity contribution < 1.29 is 35.9 Å². The number of hydrogen-bond donors (Lipinski definition) is 0. The number of carbonyl (C=O) groups excluding carboxylic acids is 1. The van der Waals surface area contributed by atoms with Crippen molar-refractivity contribution in [3.63, 3.8) is 0 Å². The largest absolute Gasteiger partial charge is 0.464 e. The van der Waals surface area contributed by atoms with Gasteiger partial charge in [0.15, 0.2) is 11.5 Å². The molecule has 0 N–H and O–H groups in total. The molecule has 0 bridgehead atoms. The Morgan fingerprint density at radius 3 is 2.25 bits per heavy atom. The van der Waals surface area contributed by atoms with E-state index in [1.54, 1.807) is 0 Å². The number of benzene rings is 1. The van der Waals surface area contributed by atoms with Crippen LogP contribution in [0.3, 0.4) is 0 Å². The van der Waals surface area contributed by atoms with Gasteiger partial charge in [-0.2, -0.15) is 13.2 Å². The second-order valence-electron chi connectivity index (χ2n) is 4.45.